The highest BCUT2D eigenvalue weighted by Gasteiger charge is 2.14. The molecule has 0 aromatic heterocycles. The molecule has 0 aromatic rings. The van der Waals surface area contributed by atoms with Gasteiger partial charge in [0.05, 0.1) is 6.67 Å². The van der Waals surface area contributed by atoms with Crippen molar-refractivity contribution in [3.05, 3.63) is 0 Å². The third-order valence-electron chi connectivity index (χ3n) is 0.711. The van der Waals surface area contributed by atoms with E-state index >= 15 is 0 Å². The summed E-state index contributed by atoms with van der Waals surface area (Å²) in [7, 11) is 0. The van der Waals surface area contributed by atoms with Gasteiger partial charge in [-0.2, -0.15) is 0 Å². The average molecular weight is 178 g/mol. The monoisotopic (exact) mass is 178 g/mol. The summed E-state index contributed by atoms with van der Waals surface area (Å²) in [5.74, 6) is 0. The van der Waals surface area contributed by atoms with Crippen LogP contribution in [0.2, 0.25) is 0 Å². The van der Waals surface area contributed by atoms with Gasteiger partial charge >= 0.3 is 6.09 Å². The number of hydrogen-bond acceptors (Lipinski definition) is 4. The third-order valence-corrected chi connectivity index (χ3v) is 0.869. The quantitative estimate of drug-likeness (QED) is 0.435. The second-order valence-electron chi connectivity index (χ2n) is 3.01. The molecule has 0 saturated carbocycles. The Hall–Kier alpha value is -0.420. The minimum absolute atomic E-state index is 0.290. The molecule has 66 valence electrons. The van der Waals surface area contributed by atoms with Gasteiger partial charge in [-0.05, 0) is 20.8 Å². The fourth-order valence-electron chi connectivity index (χ4n) is 0.426. The molecule has 0 rings (SSSR count). The van der Waals surface area contributed by atoms with E-state index in [2.05, 4.69) is 22.9 Å². The van der Waals surface area contributed by atoms with Crippen LogP contribution in [-0.2, 0) is 4.74 Å². The molecule has 0 unspecified atom stereocenters. The van der Waals surface area contributed by atoms with Crippen LogP contribution < -0.4 is 10.0 Å². The largest absolute Gasteiger partial charge is 0.444 e. The average Bonchev–Trinajstić information content (AvgIpc) is 1.79. The molecule has 0 spiro atoms. The Morgan fingerprint density at radius 2 is 2.09 bits per heavy atom. The highest BCUT2D eigenvalue weighted by atomic mass is 32.1. The molecule has 0 aliphatic carbocycles. The molecule has 0 fully saturated rings. The number of thiol groups is 1. The summed E-state index contributed by atoms with van der Waals surface area (Å²) < 4.78 is 7.38. The van der Waals surface area contributed by atoms with Crippen molar-refractivity contribution in [2.75, 3.05) is 6.67 Å². The maximum absolute atomic E-state index is 10.8. The van der Waals surface area contributed by atoms with Crippen molar-refractivity contribution in [2.45, 2.75) is 26.4 Å². The van der Waals surface area contributed by atoms with E-state index in [0.29, 0.717) is 0 Å². The van der Waals surface area contributed by atoms with Crippen LogP contribution in [0.25, 0.3) is 0 Å². The molecule has 0 aliphatic rings. The van der Waals surface area contributed by atoms with Gasteiger partial charge in [-0.25, -0.2) is 9.52 Å². The normalized spacial score (nSPS) is 10.9. The Labute approximate surface area is 72.2 Å². The third kappa shape index (κ3) is 7.48. The predicted octanol–water partition coefficient (Wildman–Crippen LogP) is 0.903. The maximum Gasteiger partial charge on any atom is 0.408 e. The first-order valence-corrected chi connectivity index (χ1v) is 3.74. The van der Waals surface area contributed by atoms with Gasteiger partial charge in [0.25, 0.3) is 0 Å². The standard InChI is InChI=1S/C6H14N2O2S/c1-6(2,3)10-5(9)7-4-8-11/h8,11H,4H2,1-3H3,(H,7,9). The topological polar surface area (TPSA) is 50.4 Å². The van der Waals surface area contributed by atoms with Crippen LogP contribution in [-0.4, -0.2) is 18.4 Å². The van der Waals surface area contributed by atoms with Crippen molar-refractivity contribution in [3.63, 3.8) is 0 Å². The Bertz CT molecular complexity index is 133. The molecular weight excluding hydrogens is 164 g/mol. The summed E-state index contributed by atoms with van der Waals surface area (Å²) in [4.78, 5) is 10.8. The number of carbonyl (C=O) groups excluding carboxylic acids is 1. The SMILES string of the molecule is CC(C)(C)OC(=O)NCNS. The second-order valence-corrected chi connectivity index (χ2v) is 3.33. The highest BCUT2D eigenvalue weighted by Crippen LogP contribution is 2.05. The van der Waals surface area contributed by atoms with Crippen molar-refractivity contribution < 1.29 is 9.53 Å². The van der Waals surface area contributed by atoms with Gasteiger partial charge < -0.3 is 10.1 Å². The van der Waals surface area contributed by atoms with E-state index in [1.54, 1.807) is 20.8 Å². The molecule has 0 atom stereocenters. The number of carbonyl (C=O) groups is 1. The van der Waals surface area contributed by atoms with Crippen molar-refractivity contribution in [3.8, 4) is 0 Å². The lowest BCUT2D eigenvalue weighted by atomic mass is 10.2. The van der Waals surface area contributed by atoms with Gasteiger partial charge in [0.2, 0.25) is 0 Å². The van der Waals surface area contributed by atoms with E-state index in [1.165, 1.54) is 0 Å². The lowest BCUT2D eigenvalue weighted by Crippen LogP contribution is -2.35. The van der Waals surface area contributed by atoms with Crippen LogP contribution >= 0.6 is 12.8 Å². The van der Waals surface area contributed by atoms with Crippen molar-refractivity contribution >= 4 is 18.9 Å². The van der Waals surface area contributed by atoms with Crippen molar-refractivity contribution in [1.82, 2.24) is 10.0 Å². The first-order chi connectivity index (χ1) is 4.95. The van der Waals surface area contributed by atoms with E-state index in [9.17, 15) is 4.79 Å². The molecule has 0 aliphatic heterocycles. The zero-order chi connectivity index (χ0) is 8.91. The van der Waals surface area contributed by atoms with E-state index in [-0.39, 0.29) is 6.67 Å². The summed E-state index contributed by atoms with van der Waals surface area (Å²) in [6.45, 7) is 5.71. The van der Waals surface area contributed by atoms with Crippen LogP contribution in [0, 0.1) is 0 Å². The molecule has 1 amide bonds. The molecule has 0 saturated heterocycles. The van der Waals surface area contributed by atoms with E-state index in [4.69, 9.17) is 4.74 Å². The van der Waals surface area contributed by atoms with Crippen LogP contribution in [0.3, 0.4) is 0 Å². The molecule has 0 bridgehead atoms. The maximum atomic E-state index is 10.8. The molecule has 0 heterocycles. The van der Waals surface area contributed by atoms with Gasteiger partial charge in [-0.1, -0.05) is 12.8 Å². The van der Waals surface area contributed by atoms with Crippen LogP contribution in [0.5, 0.6) is 0 Å². The van der Waals surface area contributed by atoms with Crippen LogP contribution in [0.15, 0.2) is 0 Å². The molecule has 0 radical (unpaired) electrons. The predicted molar refractivity (Wildman–Crippen MR) is 46.4 cm³/mol. The summed E-state index contributed by atoms with van der Waals surface area (Å²) in [5.41, 5.74) is -0.444. The summed E-state index contributed by atoms with van der Waals surface area (Å²) in [6, 6.07) is 0. The van der Waals surface area contributed by atoms with Crippen LogP contribution in [0.4, 0.5) is 4.79 Å². The number of hydrogen-bond donors (Lipinski definition) is 3. The summed E-state index contributed by atoms with van der Waals surface area (Å²) >= 11 is 3.69. The van der Waals surface area contributed by atoms with Gasteiger partial charge in [0.1, 0.15) is 5.60 Å². The first kappa shape index (κ1) is 10.6. The van der Waals surface area contributed by atoms with Gasteiger partial charge in [-0.15, -0.1) is 0 Å². The van der Waals surface area contributed by atoms with Crippen LogP contribution in [0.1, 0.15) is 20.8 Å². The number of ether oxygens (including phenoxy) is 1. The molecule has 2 N–H and O–H groups in total. The molecule has 0 aromatic carbocycles. The minimum Gasteiger partial charge on any atom is -0.444 e. The first-order valence-electron chi connectivity index (χ1n) is 3.29. The second kappa shape index (κ2) is 4.46. The number of alkyl carbamates (subject to hydrolysis) is 1. The molecule has 5 heteroatoms. The Morgan fingerprint density at radius 1 is 1.55 bits per heavy atom. The minimum atomic E-state index is -0.445. The smallest absolute Gasteiger partial charge is 0.408 e. The number of nitrogens with one attached hydrogen (secondary N) is 2. The zero-order valence-corrected chi connectivity index (χ0v) is 7.87. The Morgan fingerprint density at radius 3 is 2.45 bits per heavy atom. The fourth-order valence-corrected chi connectivity index (χ4v) is 0.505. The van der Waals surface area contributed by atoms with Crippen molar-refractivity contribution in [2.24, 2.45) is 0 Å². The lowest BCUT2D eigenvalue weighted by molar-refractivity contribution is 0.0527. The fraction of sp³-hybridized carbons (Fsp3) is 0.833. The molecule has 11 heavy (non-hydrogen) atoms. The Kier molecular flexibility index (Phi) is 4.29. The van der Waals surface area contributed by atoms with E-state index < -0.39 is 11.7 Å². The Balaban J connectivity index is 3.53. The number of amides is 1. The highest BCUT2D eigenvalue weighted by molar-refractivity contribution is 7.78. The molecular formula is C6H14N2O2S. The number of rotatable bonds is 2. The lowest BCUT2D eigenvalue weighted by Gasteiger charge is -2.19. The summed E-state index contributed by atoms with van der Waals surface area (Å²) in [5, 5.41) is 2.44. The van der Waals surface area contributed by atoms with E-state index in [1.807, 2.05) is 0 Å². The zero-order valence-electron chi connectivity index (χ0n) is 6.97. The van der Waals surface area contributed by atoms with Gasteiger partial charge in [0, 0.05) is 0 Å². The van der Waals surface area contributed by atoms with Gasteiger partial charge in [-0.3, -0.25) is 0 Å². The summed E-state index contributed by atoms with van der Waals surface area (Å²) in [6.07, 6.45) is -0.445. The van der Waals surface area contributed by atoms with Crippen molar-refractivity contribution in [1.29, 1.82) is 0 Å². The van der Waals surface area contributed by atoms with E-state index in [0.717, 1.165) is 0 Å². The molecule has 4 nitrogen and oxygen atoms in total. The van der Waals surface area contributed by atoms with Gasteiger partial charge in [0.15, 0.2) is 0 Å².